The average Bonchev–Trinajstić information content (AvgIpc) is 2.41. The number of nitrogens with zero attached hydrogens (tertiary/aromatic N) is 1. The first-order chi connectivity index (χ1) is 8.69. The van der Waals surface area contributed by atoms with Crippen LogP contribution in [0.25, 0.3) is 10.9 Å². The molecule has 1 heterocycles. The normalized spacial score (nSPS) is 10.6. The minimum Gasteiger partial charge on any atom is -0.346 e. The van der Waals surface area contributed by atoms with Gasteiger partial charge in [-0.05, 0) is 18.6 Å². The van der Waals surface area contributed by atoms with Crippen molar-refractivity contribution in [2.75, 3.05) is 0 Å². The second-order valence-corrected chi connectivity index (χ2v) is 4.06. The molecule has 1 aromatic heterocycles. The lowest BCUT2D eigenvalue weighted by molar-refractivity contribution is 0.0952. The largest absolute Gasteiger partial charge is 0.346 e. The summed E-state index contributed by atoms with van der Waals surface area (Å²) in [5.74, 6) is 4.53. The zero-order chi connectivity index (χ0) is 13.1. The Morgan fingerprint density at radius 1 is 1.39 bits per heavy atom. The smallest absolute Gasteiger partial charge is 0.270 e. The fraction of sp³-hybridized carbons (Fsp3) is 0.231. The van der Waals surface area contributed by atoms with Crippen LogP contribution in [-0.4, -0.2) is 10.5 Å². The first kappa shape index (κ1) is 12.3. The number of nitrogens with one attached hydrogen (secondary N) is 1. The van der Waals surface area contributed by atoms with E-state index < -0.39 is 5.91 Å². The van der Waals surface area contributed by atoms with Gasteiger partial charge >= 0.3 is 0 Å². The maximum Gasteiger partial charge on any atom is 0.270 e. The van der Waals surface area contributed by atoms with Crippen LogP contribution in [0.4, 0.5) is 0 Å². The number of fused-ring (bicyclic) bond motifs is 1. The van der Waals surface area contributed by atoms with E-state index in [-0.39, 0.29) is 11.0 Å². The Labute approximate surface area is 104 Å². The molecule has 0 unspecified atom stereocenters. The van der Waals surface area contributed by atoms with E-state index >= 15 is 0 Å². The van der Waals surface area contributed by atoms with E-state index in [0.29, 0.717) is 5.39 Å². The average molecular weight is 245 g/mol. The molecule has 0 aliphatic rings. The number of para-hydroxylation sites is 1. The fourth-order valence-corrected chi connectivity index (χ4v) is 2.01. The molecular formula is C13H15N3O2. The molecule has 0 saturated heterocycles. The number of carbonyl (C=O) groups excluding carboxylic acids is 1. The SMILES string of the molecule is CCCn1cc(C(=O)NN)c(=O)c2ccccc21. The summed E-state index contributed by atoms with van der Waals surface area (Å²) in [5, 5.41) is 0.534. The molecule has 0 radical (unpaired) electrons. The topological polar surface area (TPSA) is 77.1 Å². The molecule has 0 saturated carbocycles. The van der Waals surface area contributed by atoms with Crippen LogP contribution in [0.1, 0.15) is 23.7 Å². The highest BCUT2D eigenvalue weighted by Crippen LogP contribution is 2.12. The number of hydrogen-bond acceptors (Lipinski definition) is 3. The van der Waals surface area contributed by atoms with Gasteiger partial charge in [-0.2, -0.15) is 0 Å². The van der Waals surface area contributed by atoms with Gasteiger partial charge in [-0.25, -0.2) is 5.84 Å². The van der Waals surface area contributed by atoms with E-state index in [1.54, 1.807) is 18.3 Å². The number of aromatic nitrogens is 1. The van der Waals surface area contributed by atoms with Crippen LogP contribution in [0.2, 0.25) is 0 Å². The molecule has 94 valence electrons. The first-order valence-electron chi connectivity index (χ1n) is 5.82. The third kappa shape index (κ3) is 2.00. The summed E-state index contributed by atoms with van der Waals surface area (Å²) in [6.45, 7) is 2.78. The summed E-state index contributed by atoms with van der Waals surface area (Å²) in [7, 11) is 0. The molecule has 2 rings (SSSR count). The Bertz CT molecular complexity index is 646. The van der Waals surface area contributed by atoms with Crippen molar-refractivity contribution in [2.45, 2.75) is 19.9 Å². The third-order valence-corrected chi connectivity index (χ3v) is 2.83. The number of aryl methyl sites for hydroxylation is 1. The monoisotopic (exact) mass is 245 g/mol. The van der Waals surface area contributed by atoms with Crippen molar-refractivity contribution in [3.63, 3.8) is 0 Å². The number of hydrogen-bond donors (Lipinski definition) is 2. The van der Waals surface area contributed by atoms with Crippen LogP contribution in [-0.2, 0) is 6.54 Å². The van der Waals surface area contributed by atoms with Gasteiger partial charge in [0.15, 0.2) is 0 Å². The van der Waals surface area contributed by atoms with E-state index in [0.717, 1.165) is 18.5 Å². The second kappa shape index (κ2) is 5.01. The van der Waals surface area contributed by atoms with Crippen molar-refractivity contribution in [2.24, 2.45) is 5.84 Å². The van der Waals surface area contributed by atoms with Gasteiger partial charge in [0, 0.05) is 18.1 Å². The molecule has 2 aromatic rings. The molecule has 1 amide bonds. The van der Waals surface area contributed by atoms with Gasteiger partial charge in [0.05, 0.1) is 5.52 Å². The number of rotatable bonds is 3. The Kier molecular flexibility index (Phi) is 3.43. The van der Waals surface area contributed by atoms with Crippen LogP contribution in [0.5, 0.6) is 0 Å². The molecule has 18 heavy (non-hydrogen) atoms. The van der Waals surface area contributed by atoms with Crippen molar-refractivity contribution in [1.82, 2.24) is 9.99 Å². The maximum atomic E-state index is 12.2. The van der Waals surface area contributed by atoms with Gasteiger partial charge in [0.25, 0.3) is 5.91 Å². The van der Waals surface area contributed by atoms with Crippen molar-refractivity contribution in [1.29, 1.82) is 0 Å². The molecule has 5 heteroatoms. The van der Waals surface area contributed by atoms with Crippen molar-refractivity contribution in [3.05, 3.63) is 46.2 Å². The highest BCUT2D eigenvalue weighted by molar-refractivity contribution is 5.96. The van der Waals surface area contributed by atoms with Crippen LogP contribution >= 0.6 is 0 Å². The van der Waals surface area contributed by atoms with Gasteiger partial charge in [-0.15, -0.1) is 0 Å². The number of nitrogen functional groups attached to an aromatic ring is 1. The predicted molar refractivity (Wildman–Crippen MR) is 70.2 cm³/mol. The van der Waals surface area contributed by atoms with Gasteiger partial charge in [0.2, 0.25) is 5.43 Å². The van der Waals surface area contributed by atoms with E-state index in [1.165, 1.54) is 0 Å². The van der Waals surface area contributed by atoms with E-state index in [4.69, 9.17) is 5.84 Å². The number of pyridine rings is 1. The summed E-state index contributed by atoms with van der Waals surface area (Å²) in [6.07, 6.45) is 2.48. The van der Waals surface area contributed by atoms with E-state index in [9.17, 15) is 9.59 Å². The standard InChI is InChI=1S/C13H15N3O2/c1-2-7-16-8-10(13(18)15-14)12(17)9-5-3-4-6-11(9)16/h3-6,8H,2,7,14H2,1H3,(H,15,18). The van der Waals surface area contributed by atoms with Crippen LogP contribution in [0.3, 0.4) is 0 Å². The number of hydrazine groups is 1. The Balaban J connectivity index is 2.79. The Hall–Kier alpha value is -2.14. The Morgan fingerprint density at radius 2 is 2.11 bits per heavy atom. The third-order valence-electron chi connectivity index (χ3n) is 2.83. The van der Waals surface area contributed by atoms with Gasteiger partial charge in [-0.1, -0.05) is 19.1 Å². The number of amides is 1. The number of benzene rings is 1. The zero-order valence-electron chi connectivity index (χ0n) is 10.1. The molecule has 3 N–H and O–H groups in total. The maximum absolute atomic E-state index is 12.2. The summed E-state index contributed by atoms with van der Waals surface area (Å²) in [6, 6.07) is 7.24. The lowest BCUT2D eigenvalue weighted by Gasteiger charge is -2.11. The molecule has 0 atom stereocenters. The molecule has 0 aliphatic heterocycles. The highest BCUT2D eigenvalue weighted by Gasteiger charge is 2.13. The summed E-state index contributed by atoms with van der Waals surface area (Å²) >= 11 is 0. The molecule has 0 spiro atoms. The van der Waals surface area contributed by atoms with Crippen LogP contribution < -0.4 is 16.7 Å². The number of nitrogens with two attached hydrogens (primary N) is 1. The van der Waals surface area contributed by atoms with E-state index in [1.807, 2.05) is 29.0 Å². The molecule has 5 nitrogen and oxygen atoms in total. The summed E-state index contributed by atoms with van der Waals surface area (Å²) in [4.78, 5) is 23.7. The molecular weight excluding hydrogens is 230 g/mol. The van der Waals surface area contributed by atoms with Crippen molar-refractivity contribution >= 4 is 16.8 Å². The molecule has 1 aromatic carbocycles. The van der Waals surface area contributed by atoms with Crippen molar-refractivity contribution in [3.8, 4) is 0 Å². The zero-order valence-corrected chi connectivity index (χ0v) is 10.1. The Morgan fingerprint density at radius 3 is 2.78 bits per heavy atom. The minimum absolute atomic E-state index is 0.0738. The second-order valence-electron chi connectivity index (χ2n) is 4.06. The van der Waals surface area contributed by atoms with Gasteiger partial charge in [-0.3, -0.25) is 15.0 Å². The van der Waals surface area contributed by atoms with Gasteiger partial charge in [0.1, 0.15) is 5.56 Å². The van der Waals surface area contributed by atoms with Crippen LogP contribution in [0, 0.1) is 0 Å². The predicted octanol–water partition coefficient (Wildman–Crippen LogP) is 1.01. The van der Waals surface area contributed by atoms with Crippen LogP contribution in [0.15, 0.2) is 35.3 Å². The highest BCUT2D eigenvalue weighted by atomic mass is 16.2. The first-order valence-corrected chi connectivity index (χ1v) is 5.82. The molecule has 0 fully saturated rings. The molecule has 0 aliphatic carbocycles. The lowest BCUT2D eigenvalue weighted by atomic mass is 10.1. The van der Waals surface area contributed by atoms with Gasteiger partial charge < -0.3 is 4.57 Å². The minimum atomic E-state index is -0.560. The number of carbonyl (C=O) groups is 1. The summed E-state index contributed by atoms with van der Waals surface area (Å²) < 4.78 is 1.90. The van der Waals surface area contributed by atoms with Crippen molar-refractivity contribution < 1.29 is 4.79 Å². The lowest BCUT2D eigenvalue weighted by Crippen LogP contribution is -2.34. The fourth-order valence-electron chi connectivity index (χ4n) is 2.01. The summed E-state index contributed by atoms with van der Waals surface area (Å²) in [5.41, 5.74) is 2.62. The van der Waals surface area contributed by atoms with E-state index in [2.05, 4.69) is 0 Å². The molecule has 0 bridgehead atoms. The quantitative estimate of drug-likeness (QED) is 0.481.